The number of halogens is 3. The van der Waals surface area contributed by atoms with Gasteiger partial charge in [-0.3, -0.25) is 4.79 Å². The molecule has 0 spiro atoms. The highest BCUT2D eigenvalue weighted by molar-refractivity contribution is 5.79. The number of amides is 3. The van der Waals surface area contributed by atoms with Crippen molar-refractivity contribution in [2.45, 2.75) is 44.4 Å². The van der Waals surface area contributed by atoms with Crippen LogP contribution in [0.2, 0.25) is 0 Å². The molecule has 1 aromatic rings. The molecule has 3 heterocycles. The van der Waals surface area contributed by atoms with E-state index >= 15 is 0 Å². The van der Waals surface area contributed by atoms with Crippen LogP contribution in [0, 0.1) is 6.92 Å². The molecule has 0 aliphatic carbocycles. The fourth-order valence-electron chi connectivity index (χ4n) is 4.13. The second kappa shape index (κ2) is 8.07. The molecule has 3 fully saturated rings. The number of hydrogen-bond donors (Lipinski definition) is 1. The van der Waals surface area contributed by atoms with Gasteiger partial charge in [0.25, 0.3) is 0 Å². The van der Waals surface area contributed by atoms with Crippen molar-refractivity contribution in [1.82, 2.24) is 15.1 Å². The fourth-order valence-corrected chi connectivity index (χ4v) is 4.13. The second-order valence-corrected chi connectivity index (χ2v) is 7.97. The largest absolute Gasteiger partial charge is 0.416 e. The van der Waals surface area contributed by atoms with Crippen LogP contribution in [-0.4, -0.2) is 72.8 Å². The Morgan fingerprint density at radius 1 is 1.27 bits per heavy atom. The molecular formula is C20H24F3N3O4. The van der Waals surface area contributed by atoms with Crippen LogP contribution in [0.3, 0.4) is 0 Å². The smallest absolute Gasteiger partial charge is 0.370 e. The van der Waals surface area contributed by atoms with E-state index in [9.17, 15) is 22.8 Å². The first-order valence-electron chi connectivity index (χ1n) is 9.94. The van der Waals surface area contributed by atoms with Crippen molar-refractivity contribution in [3.63, 3.8) is 0 Å². The van der Waals surface area contributed by atoms with Crippen molar-refractivity contribution in [2.24, 2.45) is 0 Å². The molecule has 1 aromatic carbocycles. The van der Waals surface area contributed by atoms with Gasteiger partial charge in [0.15, 0.2) is 0 Å². The van der Waals surface area contributed by atoms with Gasteiger partial charge in [-0.25, -0.2) is 4.79 Å². The zero-order valence-corrected chi connectivity index (χ0v) is 16.6. The van der Waals surface area contributed by atoms with E-state index in [1.807, 2.05) is 0 Å². The molecule has 7 nitrogen and oxygen atoms in total. The predicted octanol–water partition coefficient (Wildman–Crippen LogP) is 1.92. The number of nitrogens with one attached hydrogen (secondary N) is 1. The second-order valence-electron chi connectivity index (χ2n) is 7.97. The maximum Gasteiger partial charge on any atom is 0.416 e. The minimum atomic E-state index is -4.39. The number of piperidine rings is 1. The number of likely N-dealkylation sites (tertiary alicyclic amines) is 2. The minimum Gasteiger partial charge on any atom is -0.370 e. The molecule has 3 saturated heterocycles. The number of morpholine rings is 1. The lowest BCUT2D eigenvalue weighted by Gasteiger charge is -2.46. The summed E-state index contributed by atoms with van der Waals surface area (Å²) >= 11 is 0. The number of rotatable bonds is 3. The number of ether oxygens (including phenoxy) is 2. The molecule has 164 valence electrons. The number of carbonyl (C=O) groups excluding carboxylic acids is 2. The van der Waals surface area contributed by atoms with Gasteiger partial charge in [-0.15, -0.1) is 0 Å². The predicted molar refractivity (Wildman–Crippen MR) is 99.6 cm³/mol. The lowest BCUT2D eigenvalue weighted by atomic mass is 10.0. The fraction of sp³-hybridized carbons (Fsp3) is 0.600. The standard InChI is InChI=1S/C20H24F3N3O4/c1-12-13(3-2-4-15(12)20(21,22)23)10-29-14-7-26(8-14)19(28)25-6-5-17-16(9-25)24-18(27)11-30-17/h2-4,14,16-17H,5-11H2,1H3,(H,24,27)/t16-,17+/m1/s1. The van der Waals surface area contributed by atoms with Gasteiger partial charge in [-0.1, -0.05) is 12.1 Å². The summed E-state index contributed by atoms with van der Waals surface area (Å²) in [5.74, 6) is -0.173. The van der Waals surface area contributed by atoms with Crippen molar-refractivity contribution in [2.75, 3.05) is 32.8 Å². The van der Waals surface area contributed by atoms with E-state index < -0.39 is 11.7 Å². The van der Waals surface area contributed by atoms with Gasteiger partial charge in [0, 0.05) is 13.1 Å². The normalized spacial score (nSPS) is 24.9. The molecule has 10 heteroatoms. The van der Waals surface area contributed by atoms with E-state index in [0.717, 1.165) is 6.07 Å². The van der Waals surface area contributed by atoms with E-state index in [0.29, 0.717) is 38.2 Å². The minimum absolute atomic E-state index is 0.0603. The van der Waals surface area contributed by atoms with Gasteiger partial charge < -0.3 is 24.6 Å². The summed E-state index contributed by atoms with van der Waals surface area (Å²) in [5, 5.41) is 2.86. The Balaban J connectivity index is 1.26. The van der Waals surface area contributed by atoms with E-state index in [4.69, 9.17) is 9.47 Å². The van der Waals surface area contributed by atoms with Gasteiger partial charge in [0.2, 0.25) is 5.91 Å². The van der Waals surface area contributed by atoms with Gasteiger partial charge >= 0.3 is 12.2 Å². The first-order valence-corrected chi connectivity index (χ1v) is 9.94. The van der Waals surface area contributed by atoms with Crippen LogP contribution in [0.1, 0.15) is 23.1 Å². The quantitative estimate of drug-likeness (QED) is 0.800. The number of nitrogens with zero attached hydrogens (tertiary/aromatic N) is 2. The molecule has 4 rings (SSSR count). The number of benzene rings is 1. The summed E-state index contributed by atoms with van der Waals surface area (Å²) in [5.41, 5.74) is -0.00205. The number of carbonyl (C=O) groups is 2. The maximum absolute atomic E-state index is 13.0. The summed E-state index contributed by atoms with van der Waals surface area (Å²) in [6.45, 7) is 3.32. The average molecular weight is 427 g/mol. The molecule has 0 radical (unpaired) electrons. The van der Waals surface area contributed by atoms with Gasteiger partial charge in [0.05, 0.1) is 43.5 Å². The third kappa shape index (κ3) is 4.24. The SMILES string of the molecule is Cc1c(COC2CN(C(=O)N3CC[C@@H]4OCC(=O)N[C@@H]4C3)C2)cccc1C(F)(F)F. The first kappa shape index (κ1) is 20.9. The molecule has 0 aromatic heterocycles. The molecule has 0 bridgehead atoms. The Morgan fingerprint density at radius 3 is 2.77 bits per heavy atom. The molecule has 3 aliphatic rings. The van der Waals surface area contributed by atoms with E-state index in [2.05, 4.69) is 5.32 Å². The van der Waals surface area contributed by atoms with Gasteiger partial charge in [-0.2, -0.15) is 13.2 Å². The zero-order valence-electron chi connectivity index (χ0n) is 16.6. The Bertz CT molecular complexity index is 826. The Labute approximate surface area is 172 Å². The molecule has 0 unspecified atom stereocenters. The molecule has 3 amide bonds. The van der Waals surface area contributed by atoms with Crippen LogP contribution in [0.5, 0.6) is 0 Å². The van der Waals surface area contributed by atoms with Crippen molar-refractivity contribution < 1.29 is 32.2 Å². The summed E-state index contributed by atoms with van der Waals surface area (Å²) in [4.78, 5) is 27.5. The summed E-state index contributed by atoms with van der Waals surface area (Å²) in [7, 11) is 0. The lowest BCUT2D eigenvalue weighted by molar-refractivity contribution is -0.140. The monoisotopic (exact) mass is 427 g/mol. The van der Waals surface area contributed by atoms with Crippen molar-refractivity contribution in [1.29, 1.82) is 0 Å². The van der Waals surface area contributed by atoms with E-state index in [-0.39, 0.29) is 49.0 Å². The molecule has 3 aliphatic heterocycles. The third-order valence-corrected chi connectivity index (χ3v) is 5.94. The third-order valence-electron chi connectivity index (χ3n) is 5.94. The topological polar surface area (TPSA) is 71.1 Å². The average Bonchev–Trinajstić information content (AvgIpc) is 2.66. The summed E-state index contributed by atoms with van der Waals surface area (Å²) in [6, 6.07) is 3.75. The maximum atomic E-state index is 13.0. The van der Waals surface area contributed by atoms with Crippen LogP contribution in [-0.2, 0) is 27.1 Å². The highest BCUT2D eigenvalue weighted by Gasteiger charge is 2.40. The zero-order chi connectivity index (χ0) is 21.5. The van der Waals surface area contributed by atoms with Gasteiger partial charge in [0.1, 0.15) is 6.61 Å². The Kier molecular flexibility index (Phi) is 5.63. The number of alkyl halides is 3. The van der Waals surface area contributed by atoms with E-state index in [1.54, 1.807) is 15.9 Å². The molecular weight excluding hydrogens is 403 g/mol. The number of hydrogen-bond acceptors (Lipinski definition) is 4. The Morgan fingerprint density at radius 2 is 2.03 bits per heavy atom. The molecule has 0 saturated carbocycles. The number of fused-ring (bicyclic) bond motifs is 1. The van der Waals surface area contributed by atoms with E-state index in [1.165, 1.54) is 13.0 Å². The molecule has 2 atom stereocenters. The molecule has 30 heavy (non-hydrogen) atoms. The van der Waals surface area contributed by atoms with Crippen LogP contribution < -0.4 is 5.32 Å². The van der Waals surface area contributed by atoms with Crippen LogP contribution in [0.15, 0.2) is 18.2 Å². The Hall–Kier alpha value is -2.33. The van der Waals surface area contributed by atoms with Crippen molar-refractivity contribution in [3.8, 4) is 0 Å². The first-order chi connectivity index (χ1) is 14.2. The van der Waals surface area contributed by atoms with Crippen molar-refractivity contribution in [3.05, 3.63) is 34.9 Å². The number of urea groups is 1. The van der Waals surface area contributed by atoms with Crippen LogP contribution >= 0.6 is 0 Å². The van der Waals surface area contributed by atoms with Gasteiger partial charge in [-0.05, 0) is 30.5 Å². The molecule has 1 N–H and O–H groups in total. The van der Waals surface area contributed by atoms with Crippen molar-refractivity contribution >= 4 is 11.9 Å². The van der Waals surface area contributed by atoms with Crippen LogP contribution in [0.4, 0.5) is 18.0 Å². The lowest BCUT2D eigenvalue weighted by Crippen LogP contribution is -2.65. The van der Waals surface area contributed by atoms with Crippen LogP contribution in [0.25, 0.3) is 0 Å². The summed E-state index contributed by atoms with van der Waals surface area (Å²) < 4.78 is 50.3. The highest BCUT2D eigenvalue weighted by Crippen LogP contribution is 2.33. The summed E-state index contributed by atoms with van der Waals surface area (Å²) in [6.07, 6.45) is -4.00. The highest BCUT2D eigenvalue weighted by atomic mass is 19.4.